The van der Waals surface area contributed by atoms with Crippen LogP contribution in [0.5, 0.6) is 0 Å². The van der Waals surface area contributed by atoms with Crippen molar-refractivity contribution in [1.29, 1.82) is 0 Å². The van der Waals surface area contributed by atoms with E-state index in [0.717, 1.165) is 19.3 Å². The van der Waals surface area contributed by atoms with Crippen molar-refractivity contribution < 1.29 is 14.4 Å². The minimum Gasteiger partial charge on any atom is -0.353 e. The summed E-state index contributed by atoms with van der Waals surface area (Å²) in [6.45, 7) is 0.723. The van der Waals surface area contributed by atoms with Crippen LogP contribution in [0, 0.1) is 10.1 Å². The van der Waals surface area contributed by atoms with E-state index in [9.17, 15) is 10.1 Å². The molecule has 0 saturated carbocycles. The maximum Gasteiger partial charge on any atom is 0.227 e. The summed E-state index contributed by atoms with van der Waals surface area (Å²) < 4.78 is 10.3. The molecule has 0 aromatic heterocycles. The Bertz CT molecular complexity index is 144. The Morgan fingerprint density at radius 1 is 1.58 bits per heavy atom. The van der Waals surface area contributed by atoms with E-state index in [4.69, 9.17) is 9.47 Å². The second kappa shape index (κ2) is 5.05. The Labute approximate surface area is 70.8 Å². The van der Waals surface area contributed by atoms with Crippen LogP contribution in [-0.4, -0.2) is 31.0 Å². The molecule has 1 aliphatic heterocycles. The number of hydrogen-bond acceptors (Lipinski definition) is 4. The van der Waals surface area contributed by atoms with Crippen molar-refractivity contribution in [2.45, 2.75) is 25.6 Å². The first-order valence-electron chi connectivity index (χ1n) is 4.14. The third kappa shape index (κ3) is 3.64. The third-order valence-electron chi connectivity index (χ3n) is 1.72. The Morgan fingerprint density at radius 3 is 3.00 bits per heavy atom. The molecule has 0 bridgehead atoms. The van der Waals surface area contributed by atoms with Crippen LogP contribution in [0.25, 0.3) is 0 Å². The maximum absolute atomic E-state index is 9.93. The van der Waals surface area contributed by atoms with E-state index in [0.29, 0.717) is 6.61 Å². The summed E-state index contributed by atoms with van der Waals surface area (Å²) in [5.41, 5.74) is 0. The molecule has 1 aliphatic rings. The van der Waals surface area contributed by atoms with Gasteiger partial charge >= 0.3 is 0 Å². The van der Waals surface area contributed by atoms with Crippen LogP contribution < -0.4 is 0 Å². The average molecular weight is 175 g/mol. The first-order chi connectivity index (χ1) is 5.79. The molecular weight excluding hydrogens is 162 g/mol. The molecule has 12 heavy (non-hydrogen) atoms. The molecule has 0 aromatic carbocycles. The van der Waals surface area contributed by atoms with E-state index >= 15 is 0 Å². The molecule has 5 heteroatoms. The molecule has 1 heterocycles. The Morgan fingerprint density at radius 2 is 2.42 bits per heavy atom. The van der Waals surface area contributed by atoms with Crippen LogP contribution in [0.1, 0.15) is 19.3 Å². The summed E-state index contributed by atoms with van der Waals surface area (Å²) >= 11 is 0. The highest BCUT2D eigenvalue weighted by Gasteiger charge is 2.14. The molecule has 5 nitrogen and oxygen atoms in total. The number of nitrogens with zero attached hydrogens (tertiary/aromatic N) is 1. The first-order valence-corrected chi connectivity index (χ1v) is 4.14. The van der Waals surface area contributed by atoms with Gasteiger partial charge in [0.2, 0.25) is 6.54 Å². The van der Waals surface area contributed by atoms with Crippen molar-refractivity contribution in [1.82, 2.24) is 0 Å². The van der Waals surface area contributed by atoms with Crippen LogP contribution >= 0.6 is 0 Å². The summed E-state index contributed by atoms with van der Waals surface area (Å²) in [6.07, 6.45) is 2.80. The molecule has 1 rings (SSSR count). The second-order valence-corrected chi connectivity index (χ2v) is 2.72. The fraction of sp³-hybridized carbons (Fsp3) is 1.00. The summed E-state index contributed by atoms with van der Waals surface area (Å²) in [5.74, 6) is 0. The Hall–Kier alpha value is -0.680. The highest BCUT2D eigenvalue weighted by Crippen LogP contribution is 2.13. The number of nitro groups is 1. The maximum atomic E-state index is 9.93. The van der Waals surface area contributed by atoms with Crippen LogP contribution in [0.3, 0.4) is 0 Å². The lowest BCUT2D eigenvalue weighted by molar-refractivity contribution is -0.485. The molecule has 70 valence electrons. The quantitative estimate of drug-likeness (QED) is 0.468. The van der Waals surface area contributed by atoms with Crippen molar-refractivity contribution in [3.05, 3.63) is 10.1 Å². The van der Waals surface area contributed by atoms with Crippen LogP contribution in [0.15, 0.2) is 0 Å². The summed E-state index contributed by atoms with van der Waals surface area (Å²) in [5, 5.41) is 9.93. The number of hydrogen-bond donors (Lipinski definition) is 0. The van der Waals surface area contributed by atoms with Crippen LogP contribution in [0.4, 0.5) is 0 Å². The second-order valence-electron chi connectivity index (χ2n) is 2.72. The van der Waals surface area contributed by atoms with Gasteiger partial charge in [-0.2, -0.15) is 0 Å². The zero-order valence-electron chi connectivity index (χ0n) is 6.90. The Kier molecular flexibility index (Phi) is 3.96. The molecule has 0 aromatic rings. The molecule has 0 aliphatic carbocycles. The van der Waals surface area contributed by atoms with Crippen molar-refractivity contribution in [3.63, 3.8) is 0 Å². The minimum absolute atomic E-state index is 0.139. The van der Waals surface area contributed by atoms with Gasteiger partial charge in [0.1, 0.15) is 6.61 Å². The smallest absolute Gasteiger partial charge is 0.227 e. The zero-order chi connectivity index (χ0) is 8.81. The lowest BCUT2D eigenvalue weighted by Crippen LogP contribution is -2.24. The fourth-order valence-corrected chi connectivity index (χ4v) is 1.10. The summed E-state index contributed by atoms with van der Waals surface area (Å²) in [7, 11) is 0. The SMILES string of the molecule is O=[N+]([O-])CCO[C@H]1CCCCO1. The summed E-state index contributed by atoms with van der Waals surface area (Å²) in [4.78, 5) is 9.54. The molecular formula is C7H13NO4. The lowest BCUT2D eigenvalue weighted by Gasteiger charge is -2.21. The van der Waals surface area contributed by atoms with Gasteiger partial charge < -0.3 is 9.47 Å². The standard InChI is InChI=1S/C7H13NO4/c9-8(10)4-6-12-7-3-1-2-5-11-7/h7H,1-6H2/t7-/m0/s1. The Balaban J connectivity index is 2.01. The molecule has 0 amide bonds. The summed E-state index contributed by atoms with van der Waals surface area (Å²) in [6, 6.07) is 0. The van der Waals surface area contributed by atoms with E-state index in [1.165, 1.54) is 0 Å². The molecule has 0 N–H and O–H groups in total. The fourth-order valence-electron chi connectivity index (χ4n) is 1.10. The van der Waals surface area contributed by atoms with Crippen molar-refractivity contribution >= 4 is 0 Å². The van der Waals surface area contributed by atoms with Gasteiger partial charge in [-0.25, -0.2) is 0 Å². The molecule has 1 fully saturated rings. The van der Waals surface area contributed by atoms with Crippen molar-refractivity contribution in [3.8, 4) is 0 Å². The van der Waals surface area contributed by atoms with Crippen LogP contribution in [-0.2, 0) is 9.47 Å². The van der Waals surface area contributed by atoms with Crippen LogP contribution in [0.2, 0.25) is 0 Å². The normalized spacial score (nSPS) is 23.8. The molecule has 0 spiro atoms. The van der Waals surface area contributed by atoms with Gasteiger partial charge in [0.25, 0.3) is 0 Å². The van der Waals surface area contributed by atoms with E-state index < -0.39 is 0 Å². The minimum atomic E-state index is -0.386. The van der Waals surface area contributed by atoms with E-state index in [1.54, 1.807) is 0 Å². The van der Waals surface area contributed by atoms with E-state index in [2.05, 4.69) is 0 Å². The third-order valence-corrected chi connectivity index (χ3v) is 1.72. The molecule has 1 saturated heterocycles. The first kappa shape index (κ1) is 9.41. The van der Waals surface area contributed by atoms with Gasteiger partial charge in [0.15, 0.2) is 6.29 Å². The van der Waals surface area contributed by atoms with Gasteiger partial charge in [-0.3, -0.25) is 10.1 Å². The van der Waals surface area contributed by atoms with Gasteiger partial charge in [0.05, 0.1) is 0 Å². The highest BCUT2D eigenvalue weighted by molar-refractivity contribution is 4.53. The topological polar surface area (TPSA) is 61.6 Å². The molecule has 0 radical (unpaired) electrons. The highest BCUT2D eigenvalue weighted by atomic mass is 16.7. The molecule has 0 unspecified atom stereocenters. The van der Waals surface area contributed by atoms with Crippen molar-refractivity contribution in [2.24, 2.45) is 0 Å². The van der Waals surface area contributed by atoms with Gasteiger partial charge in [0, 0.05) is 11.5 Å². The predicted octanol–water partition coefficient (Wildman–Crippen LogP) is 0.806. The van der Waals surface area contributed by atoms with Gasteiger partial charge in [-0.1, -0.05) is 0 Å². The van der Waals surface area contributed by atoms with Crippen molar-refractivity contribution in [2.75, 3.05) is 19.8 Å². The largest absolute Gasteiger partial charge is 0.353 e. The lowest BCUT2D eigenvalue weighted by atomic mass is 10.2. The molecule has 1 atom stereocenters. The van der Waals surface area contributed by atoms with Gasteiger partial charge in [-0.05, 0) is 19.3 Å². The average Bonchev–Trinajstić information content (AvgIpc) is 2.05. The predicted molar refractivity (Wildman–Crippen MR) is 41.4 cm³/mol. The van der Waals surface area contributed by atoms with E-state index in [-0.39, 0.29) is 24.4 Å². The van der Waals surface area contributed by atoms with E-state index in [1.807, 2.05) is 0 Å². The monoisotopic (exact) mass is 175 g/mol. The van der Waals surface area contributed by atoms with Gasteiger partial charge in [-0.15, -0.1) is 0 Å². The number of ether oxygens (including phenoxy) is 2. The zero-order valence-corrected chi connectivity index (χ0v) is 6.90. The number of rotatable bonds is 4.